The Kier molecular flexibility index (Phi) is 4.22. The Morgan fingerprint density at radius 3 is 2.65 bits per heavy atom. The van der Waals surface area contributed by atoms with E-state index in [4.69, 9.17) is 5.73 Å². The minimum absolute atomic E-state index is 0.0816. The summed E-state index contributed by atoms with van der Waals surface area (Å²) in [5.41, 5.74) is 6.01. The van der Waals surface area contributed by atoms with Crippen LogP contribution in [0.5, 0.6) is 0 Å². The van der Waals surface area contributed by atoms with Gasteiger partial charge in [-0.25, -0.2) is 8.42 Å². The zero-order valence-electron chi connectivity index (χ0n) is 9.88. The van der Waals surface area contributed by atoms with Gasteiger partial charge in [0, 0.05) is 12.6 Å². The van der Waals surface area contributed by atoms with Crippen LogP contribution >= 0.6 is 0 Å². The lowest BCUT2D eigenvalue weighted by atomic mass is 10.2. The molecule has 1 rings (SSSR count). The number of nitrogens with two attached hydrogens (primary N) is 1. The summed E-state index contributed by atoms with van der Waals surface area (Å²) in [6.45, 7) is 3.18. The molecule has 0 spiro atoms. The summed E-state index contributed by atoms with van der Waals surface area (Å²) in [6.07, 6.45) is 1.38. The van der Waals surface area contributed by atoms with Crippen molar-refractivity contribution in [2.45, 2.75) is 25.5 Å². The van der Waals surface area contributed by atoms with E-state index in [1.54, 1.807) is 26.0 Å². The third kappa shape index (κ3) is 3.52. The van der Waals surface area contributed by atoms with Gasteiger partial charge < -0.3 is 5.73 Å². The largest absolute Gasteiger partial charge is 0.397 e. The number of Topliss-reactive ketones (excluding diaryl/α,β-unsaturated/α-hetero) is 1. The second-order valence-corrected chi connectivity index (χ2v) is 6.71. The molecule has 0 unspecified atom stereocenters. The minimum atomic E-state index is -3.20. The lowest BCUT2D eigenvalue weighted by Crippen LogP contribution is -2.20. The fourth-order valence-electron chi connectivity index (χ4n) is 1.24. The van der Waals surface area contributed by atoms with E-state index in [1.807, 2.05) is 0 Å². The molecule has 1 aromatic heterocycles. The standard InChI is InChI=1S/C11H16N2O3S/c1-8(2)17(15,16)7-5-10(14)11-9(12)4-3-6-13-11/h3-4,6,8H,5,7,12H2,1-2H3. The van der Waals surface area contributed by atoms with Crippen molar-refractivity contribution in [3.8, 4) is 0 Å². The maximum absolute atomic E-state index is 11.7. The van der Waals surface area contributed by atoms with Gasteiger partial charge in [-0.05, 0) is 26.0 Å². The number of carbonyl (C=O) groups is 1. The number of hydrogen-bond donors (Lipinski definition) is 1. The SMILES string of the molecule is CC(C)S(=O)(=O)CCC(=O)c1ncccc1N. The number of hydrogen-bond acceptors (Lipinski definition) is 5. The first-order valence-corrected chi connectivity index (χ1v) is 7.01. The highest BCUT2D eigenvalue weighted by Crippen LogP contribution is 2.11. The number of rotatable bonds is 5. The summed E-state index contributed by atoms with van der Waals surface area (Å²) in [7, 11) is -3.20. The van der Waals surface area contributed by atoms with Gasteiger partial charge in [0.25, 0.3) is 0 Å². The highest BCUT2D eigenvalue weighted by atomic mass is 32.2. The van der Waals surface area contributed by atoms with Gasteiger partial charge >= 0.3 is 0 Å². The fraction of sp³-hybridized carbons (Fsp3) is 0.455. The second-order valence-electron chi connectivity index (χ2n) is 4.03. The van der Waals surface area contributed by atoms with Gasteiger partial charge in [0.2, 0.25) is 0 Å². The van der Waals surface area contributed by atoms with Crippen LogP contribution in [0, 0.1) is 0 Å². The van der Waals surface area contributed by atoms with Crippen LogP contribution in [-0.2, 0) is 9.84 Å². The quantitative estimate of drug-likeness (QED) is 0.795. The Morgan fingerprint density at radius 2 is 2.12 bits per heavy atom. The number of carbonyl (C=O) groups excluding carboxylic acids is 1. The molecule has 0 saturated carbocycles. The topological polar surface area (TPSA) is 90.1 Å². The number of sulfone groups is 1. The maximum Gasteiger partial charge on any atom is 0.184 e. The van der Waals surface area contributed by atoms with Crippen molar-refractivity contribution < 1.29 is 13.2 Å². The van der Waals surface area contributed by atoms with Crippen molar-refractivity contribution in [3.63, 3.8) is 0 Å². The monoisotopic (exact) mass is 256 g/mol. The summed E-state index contributed by atoms with van der Waals surface area (Å²) in [5, 5.41) is -0.476. The smallest absolute Gasteiger partial charge is 0.184 e. The molecule has 94 valence electrons. The number of ketones is 1. The second kappa shape index (κ2) is 5.27. The molecule has 0 aliphatic rings. The molecule has 0 amide bonds. The van der Waals surface area contributed by atoms with Crippen LogP contribution in [0.2, 0.25) is 0 Å². The maximum atomic E-state index is 11.7. The molecule has 2 N–H and O–H groups in total. The fourth-order valence-corrected chi connectivity index (χ4v) is 2.18. The molecule has 6 heteroatoms. The first kappa shape index (κ1) is 13.6. The molecule has 0 aromatic carbocycles. The molecule has 0 atom stereocenters. The van der Waals surface area contributed by atoms with Crippen LogP contribution in [0.15, 0.2) is 18.3 Å². The Hall–Kier alpha value is -1.43. The highest BCUT2D eigenvalue weighted by Gasteiger charge is 2.19. The Labute approximate surface area is 101 Å². The Balaban J connectivity index is 2.73. The Morgan fingerprint density at radius 1 is 1.47 bits per heavy atom. The molecular weight excluding hydrogens is 240 g/mol. The molecule has 17 heavy (non-hydrogen) atoms. The van der Waals surface area contributed by atoms with Gasteiger partial charge in [-0.15, -0.1) is 0 Å². The third-order valence-corrected chi connectivity index (χ3v) is 4.64. The number of anilines is 1. The lowest BCUT2D eigenvalue weighted by molar-refractivity contribution is 0.0985. The van der Waals surface area contributed by atoms with Gasteiger partial charge in [0.05, 0.1) is 16.7 Å². The predicted molar refractivity (Wildman–Crippen MR) is 66.5 cm³/mol. The average molecular weight is 256 g/mol. The number of nitrogens with zero attached hydrogens (tertiary/aromatic N) is 1. The first-order chi connectivity index (χ1) is 7.84. The van der Waals surface area contributed by atoms with E-state index in [0.29, 0.717) is 0 Å². The van der Waals surface area contributed by atoms with Crippen LogP contribution in [0.3, 0.4) is 0 Å². The van der Waals surface area contributed by atoms with Gasteiger partial charge in [-0.3, -0.25) is 9.78 Å². The van der Waals surface area contributed by atoms with E-state index in [1.165, 1.54) is 6.20 Å². The summed E-state index contributed by atoms with van der Waals surface area (Å²) < 4.78 is 23.1. The van der Waals surface area contributed by atoms with Crippen molar-refractivity contribution in [3.05, 3.63) is 24.0 Å². The van der Waals surface area contributed by atoms with Crippen LogP contribution in [-0.4, -0.2) is 30.2 Å². The molecule has 0 aliphatic heterocycles. The minimum Gasteiger partial charge on any atom is -0.397 e. The van der Waals surface area contributed by atoms with Crippen molar-refractivity contribution in [2.24, 2.45) is 0 Å². The van der Waals surface area contributed by atoms with Crippen molar-refractivity contribution >= 4 is 21.3 Å². The molecular formula is C11H16N2O3S. The lowest BCUT2D eigenvalue weighted by Gasteiger charge is -2.07. The molecule has 0 radical (unpaired) electrons. The van der Waals surface area contributed by atoms with Crippen molar-refractivity contribution in [1.82, 2.24) is 4.98 Å². The molecule has 1 aromatic rings. The van der Waals surface area contributed by atoms with Crippen molar-refractivity contribution in [2.75, 3.05) is 11.5 Å². The molecule has 5 nitrogen and oxygen atoms in total. The normalized spacial score (nSPS) is 11.7. The van der Waals surface area contributed by atoms with E-state index < -0.39 is 15.1 Å². The van der Waals surface area contributed by atoms with Gasteiger partial charge in [0.1, 0.15) is 5.69 Å². The van der Waals surface area contributed by atoms with E-state index in [9.17, 15) is 13.2 Å². The molecule has 0 aliphatic carbocycles. The zero-order valence-corrected chi connectivity index (χ0v) is 10.7. The Bertz CT molecular complexity index is 509. The summed E-state index contributed by atoms with van der Waals surface area (Å²) >= 11 is 0. The van der Waals surface area contributed by atoms with Crippen LogP contribution in [0.4, 0.5) is 5.69 Å². The van der Waals surface area contributed by atoms with E-state index in [0.717, 1.165) is 0 Å². The highest BCUT2D eigenvalue weighted by molar-refractivity contribution is 7.91. The third-order valence-electron chi connectivity index (χ3n) is 2.43. The average Bonchev–Trinajstić information content (AvgIpc) is 2.26. The predicted octanol–water partition coefficient (Wildman–Crippen LogP) is 1.06. The number of aromatic nitrogens is 1. The van der Waals surface area contributed by atoms with Gasteiger partial charge in [-0.2, -0.15) is 0 Å². The summed E-state index contributed by atoms with van der Waals surface area (Å²) in [5.74, 6) is -0.508. The van der Waals surface area contributed by atoms with E-state index in [-0.39, 0.29) is 29.3 Å². The van der Waals surface area contributed by atoms with Crippen LogP contribution in [0.1, 0.15) is 30.8 Å². The molecule has 0 bridgehead atoms. The van der Waals surface area contributed by atoms with E-state index >= 15 is 0 Å². The zero-order chi connectivity index (χ0) is 13.1. The summed E-state index contributed by atoms with van der Waals surface area (Å²) in [6, 6.07) is 3.19. The first-order valence-electron chi connectivity index (χ1n) is 5.30. The van der Waals surface area contributed by atoms with Crippen molar-refractivity contribution in [1.29, 1.82) is 0 Å². The van der Waals surface area contributed by atoms with Gasteiger partial charge in [-0.1, -0.05) is 0 Å². The van der Waals surface area contributed by atoms with E-state index in [2.05, 4.69) is 4.98 Å². The van der Waals surface area contributed by atoms with Crippen LogP contribution in [0.25, 0.3) is 0 Å². The molecule has 0 saturated heterocycles. The molecule has 0 fully saturated rings. The number of pyridine rings is 1. The van der Waals surface area contributed by atoms with Crippen LogP contribution < -0.4 is 5.73 Å². The number of nitrogen functional groups attached to an aromatic ring is 1. The molecule has 1 heterocycles. The van der Waals surface area contributed by atoms with Gasteiger partial charge in [0.15, 0.2) is 15.6 Å². The summed E-state index contributed by atoms with van der Waals surface area (Å²) in [4.78, 5) is 15.6.